The molecular formula is C20H28FN7O. The van der Waals surface area contributed by atoms with Gasteiger partial charge in [-0.05, 0) is 24.3 Å². The van der Waals surface area contributed by atoms with Crippen LogP contribution in [-0.2, 0) is 4.79 Å². The lowest BCUT2D eigenvalue weighted by molar-refractivity contribution is -0.117. The monoisotopic (exact) mass is 401 g/mol. The second-order valence-electron chi connectivity index (χ2n) is 7.66. The van der Waals surface area contributed by atoms with Crippen LogP contribution in [0.15, 0.2) is 24.3 Å². The molecule has 2 heterocycles. The van der Waals surface area contributed by atoms with Crippen molar-refractivity contribution in [3.05, 3.63) is 35.9 Å². The third-order valence-electron chi connectivity index (χ3n) is 4.70. The zero-order valence-corrected chi connectivity index (χ0v) is 17.4. The van der Waals surface area contributed by atoms with E-state index in [1.54, 1.807) is 12.1 Å². The fraction of sp³-hybridized carbons (Fsp3) is 0.500. The van der Waals surface area contributed by atoms with Gasteiger partial charge in [0.2, 0.25) is 17.8 Å². The number of benzene rings is 1. The number of aromatic nitrogens is 3. The number of anilines is 3. The van der Waals surface area contributed by atoms with Crippen molar-refractivity contribution in [3.63, 3.8) is 0 Å². The summed E-state index contributed by atoms with van der Waals surface area (Å²) in [5.74, 6) is 1.90. The third kappa shape index (κ3) is 5.60. The molecule has 1 aromatic heterocycles. The van der Waals surface area contributed by atoms with Crippen LogP contribution in [-0.4, -0.2) is 72.6 Å². The highest BCUT2D eigenvalue weighted by Gasteiger charge is 2.22. The lowest BCUT2D eigenvalue weighted by Gasteiger charge is -2.34. The summed E-state index contributed by atoms with van der Waals surface area (Å²) in [4.78, 5) is 32.1. The van der Waals surface area contributed by atoms with Crippen molar-refractivity contribution < 1.29 is 9.18 Å². The molecule has 0 unspecified atom stereocenters. The Labute approximate surface area is 170 Å². The molecule has 156 valence electrons. The number of halogens is 1. The van der Waals surface area contributed by atoms with Crippen LogP contribution in [0.3, 0.4) is 0 Å². The molecule has 8 nitrogen and oxygen atoms in total. The summed E-state index contributed by atoms with van der Waals surface area (Å²) in [7, 11) is 3.84. The van der Waals surface area contributed by atoms with Crippen molar-refractivity contribution in [1.29, 1.82) is 0 Å². The van der Waals surface area contributed by atoms with Gasteiger partial charge in [0.05, 0.1) is 6.54 Å². The average molecular weight is 401 g/mol. The highest BCUT2D eigenvalue weighted by molar-refractivity contribution is 5.92. The topological polar surface area (TPSA) is 77.5 Å². The van der Waals surface area contributed by atoms with Crippen molar-refractivity contribution in [2.45, 2.75) is 19.8 Å². The minimum absolute atomic E-state index is 0.109. The minimum atomic E-state index is -0.324. The van der Waals surface area contributed by atoms with E-state index in [1.807, 2.05) is 19.0 Å². The molecule has 1 aromatic carbocycles. The van der Waals surface area contributed by atoms with Crippen molar-refractivity contribution in [2.75, 3.05) is 61.9 Å². The van der Waals surface area contributed by atoms with Crippen molar-refractivity contribution in [1.82, 2.24) is 19.9 Å². The Bertz CT molecular complexity index is 807. The number of nitrogens with one attached hydrogen (secondary N) is 1. The zero-order valence-electron chi connectivity index (χ0n) is 17.4. The van der Waals surface area contributed by atoms with Crippen molar-refractivity contribution in [3.8, 4) is 0 Å². The fourth-order valence-corrected chi connectivity index (χ4v) is 3.01. The van der Waals surface area contributed by atoms with Crippen LogP contribution >= 0.6 is 0 Å². The standard InChI is InChI=1S/C20H28FN7O/c1-14(2)18-23-19(26(3)4)25-20(24-18)28-11-9-27(10-12-28)13-17(29)22-16-7-5-15(21)6-8-16/h5-8,14H,9-13H2,1-4H3,(H,22,29). The summed E-state index contributed by atoms with van der Waals surface area (Å²) in [5, 5.41) is 2.80. The summed E-state index contributed by atoms with van der Waals surface area (Å²) < 4.78 is 13.0. The molecular weight excluding hydrogens is 373 g/mol. The zero-order chi connectivity index (χ0) is 21.0. The number of rotatable bonds is 6. The minimum Gasteiger partial charge on any atom is -0.347 e. The van der Waals surface area contributed by atoms with E-state index >= 15 is 0 Å². The number of nitrogens with zero attached hydrogens (tertiary/aromatic N) is 6. The first-order valence-corrected chi connectivity index (χ1v) is 9.78. The SMILES string of the molecule is CC(C)c1nc(N(C)C)nc(N2CCN(CC(=O)Nc3ccc(F)cc3)CC2)n1. The van der Waals surface area contributed by atoms with Gasteiger partial charge < -0.3 is 15.1 Å². The molecule has 0 radical (unpaired) electrons. The molecule has 1 aliphatic rings. The predicted octanol–water partition coefficient (Wildman–Crippen LogP) is 1.96. The number of amides is 1. The largest absolute Gasteiger partial charge is 0.347 e. The highest BCUT2D eigenvalue weighted by atomic mass is 19.1. The summed E-state index contributed by atoms with van der Waals surface area (Å²) in [6.07, 6.45) is 0. The Morgan fingerprint density at radius 3 is 2.34 bits per heavy atom. The Balaban J connectivity index is 1.57. The van der Waals surface area contributed by atoms with E-state index in [0.29, 0.717) is 24.1 Å². The molecule has 0 atom stereocenters. The first kappa shape index (κ1) is 20.9. The predicted molar refractivity (Wildman–Crippen MR) is 112 cm³/mol. The number of hydrogen-bond acceptors (Lipinski definition) is 7. The second kappa shape index (κ2) is 9.13. The van der Waals surface area contributed by atoms with E-state index in [4.69, 9.17) is 0 Å². The maximum atomic E-state index is 13.0. The fourth-order valence-electron chi connectivity index (χ4n) is 3.01. The molecule has 9 heteroatoms. The molecule has 0 bridgehead atoms. The molecule has 1 amide bonds. The van der Waals surface area contributed by atoms with Gasteiger partial charge >= 0.3 is 0 Å². The van der Waals surface area contributed by atoms with E-state index in [2.05, 4.69) is 43.9 Å². The lowest BCUT2D eigenvalue weighted by Crippen LogP contribution is -2.49. The van der Waals surface area contributed by atoms with Gasteiger partial charge in [-0.3, -0.25) is 9.69 Å². The molecule has 0 aliphatic carbocycles. The van der Waals surface area contributed by atoms with Gasteiger partial charge in [0.1, 0.15) is 11.6 Å². The van der Waals surface area contributed by atoms with E-state index in [9.17, 15) is 9.18 Å². The molecule has 0 spiro atoms. The van der Waals surface area contributed by atoms with Crippen LogP contribution in [0.2, 0.25) is 0 Å². The smallest absolute Gasteiger partial charge is 0.238 e. The van der Waals surface area contributed by atoms with E-state index in [-0.39, 0.29) is 17.6 Å². The van der Waals surface area contributed by atoms with Crippen molar-refractivity contribution >= 4 is 23.5 Å². The van der Waals surface area contributed by atoms with E-state index in [1.165, 1.54) is 12.1 Å². The van der Waals surface area contributed by atoms with Gasteiger partial charge in [-0.25, -0.2) is 4.39 Å². The van der Waals surface area contributed by atoms with Crippen LogP contribution in [0.5, 0.6) is 0 Å². The Hall–Kier alpha value is -2.81. The summed E-state index contributed by atoms with van der Waals surface area (Å²) in [6, 6.07) is 5.77. The number of piperazine rings is 1. The van der Waals surface area contributed by atoms with Crippen molar-refractivity contribution in [2.24, 2.45) is 0 Å². The average Bonchev–Trinajstić information content (AvgIpc) is 2.70. The van der Waals surface area contributed by atoms with Crippen LogP contribution in [0.25, 0.3) is 0 Å². The van der Waals surface area contributed by atoms with E-state index in [0.717, 1.165) is 32.0 Å². The normalized spacial score (nSPS) is 14.9. The Kier molecular flexibility index (Phi) is 6.58. The van der Waals surface area contributed by atoms with Gasteiger partial charge in [-0.2, -0.15) is 15.0 Å². The maximum Gasteiger partial charge on any atom is 0.238 e. The molecule has 3 rings (SSSR count). The Morgan fingerprint density at radius 2 is 1.76 bits per heavy atom. The molecule has 1 saturated heterocycles. The molecule has 0 saturated carbocycles. The number of carbonyl (C=O) groups excluding carboxylic acids is 1. The first-order chi connectivity index (χ1) is 13.8. The van der Waals surface area contributed by atoms with Gasteiger partial charge in [0.25, 0.3) is 0 Å². The quantitative estimate of drug-likeness (QED) is 0.793. The van der Waals surface area contributed by atoms with Crippen LogP contribution < -0.4 is 15.1 Å². The molecule has 1 aliphatic heterocycles. The molecule has 2 aromatic rings. The lowest BCUT2D eigenvalue weighted by atomic mass is 10.2. The molecule has 1 N–H and O–H groups in total. The highest BCUT2D eigenvalue weighted by Crippen LogP contribution is 2.19. The van der Waals surface area contributed by atoms with Gasteiger partial charge in [-0.15, -0.1) is 0 Å². The van der Waals surface area contributed by atoms with Crippen LogP contribution in [0, 0.1) is 5.82 Å². The second-order valence-corrected chi connectivity index (χ2v) is 7.66. The first-order valence-electron chi connectivity index (χ1n) is 9.78. The summed E-state index contributed by atoms with van der Waals surface area (Å²) in [5.41, 5.74) is 0.595. The Morgan fingerprint density at radius 1 is 1.10 bits per heavy atom. The summed E-state index contributed by atoms with van der Waals surface area (Å²) >= 11 is 0. The van der Waals surface area contributed by atoms with Crippen LogP contribution in [0.1, 0.15) is 25.6 Å². The third-order valence-corrected chi connectivity index (χ3v) is 4.70. The molecule has 1 fully saturated rings. The maximum absolute atomic E-state index is 13.0. The molecule has 29 heavy (non-hydrogen) atoms. The number of carbonyl (C=O) groups is 1. The van der Waals surface area contributed by atoms with Gasteiger partial charge in [0.15, 0.2) is 0 Å². The number of hydrogen-bond donors (Lipinski definition) is 1. The summed E-state index contributed by atoms with van der Waals surface area (Å²) in [6.45, 7) is 7.36. The van der Waals surface area contributed by atoms with Gasteiger partial charge in [-0.1, -0.05) is 13.8 Å². The van der Waals surface area contributed by atoms with Gasteiger partial charge in [0, 0.05) is 51.9 Å². The van der Waals surface area contributed by atoms with E-state index < -0.39 is 0 Å². The van der Waals surface area contributed by atoms with Crippen LogP contribution in [0.4, 0.5) is 22.0 Å².